The van der Waals surface area contributed by atoms with E-state index in [1.54, 1.807) is 6.92 Å². The standard InChI is InChI=1S/C10H18O6S/c1-5-8(14)9(15)6(4-11)16-10(5)17-3-2-7(12)13/h5-6,8-11,14-15H,2-4H2,1H3,(H,12,13)/t5-,6?,8?,9+,10-/m0/s1. The monoisotopic (exact) mass is 266 g/mol. The van der Waals surface area contributed by atoms with Crippen molar-refractivity contribution in [1.29, 1.82) is 0 Å². The van der Waals surface area contributed by atoms with E-state index in [1.165, 1.54) is 11.8 Å². The molecule has 0 spiro atoms. The van der Waals surface area contributed by atoms with Gasteiger partial charge in [0.25, 0.3) is 0 Å². The Labute approximate surface area is 104 Å². The van der Waals surface area contributed by atoms with Gasteiger partial charge in [-0.3, -0.25) is 4.79 Å². The number of rotatable bonds is 5. The molecule has 1 aliphatic heterocycles. The minimum absolute atomic E-state index is 0.0136. The maximum atomic E-state index is 10.4. The summed E-state index contributed by atoms with van der Waals surface area (Å²) in [6.45, 7) is 1.35. The van der Waals surface area contributed by atoms with Crippen molar-refractivity contribution in [3.05, 3.63) is 0 Å². The van der Waals surface area contributed by atoms with Crippen LogP contribution in [0.4, 0.5) is 0 Å². The second-order valence-electron chi connectivity index (χ2n) is 4.08. The van der Waals surface area contributed by atoms with Crippen LogP contribution < -0.4 is 0 Å². The van der Waals surface area contributed by atoms with Gasteiger partial charge in [-0.2, -0.15) is 0 Å². The van der Waals surface area contributed by atoms with Crippen LogP contribution in [0.3, 0.4) is 0 Å². The van der Waals surface area contributed by atoms with Crippen molar-refractivity contribution < 1.29 is 30.0 Å². The van der Waals surface area contributed by atoms with Crippen LogP contribution in [0.25, 0.3) is 0 Å². The van der Waals surface area contributed by atoms with Crippen molar-refractivity contribution in [3.8, 4) is 0 Å². The van der Waals surface area contributed by atoms with Crippen LogP contribution in [-0.2, 0) is 9.53 Å². The molecule has 1 aliphatic rings. The highest BCUT2D eigenvalue weighted by molar-refractivity contribution is 7.99. The molecule has 0 aromatic carbocycles. The Kier molecular flexibility index (Phi) is 5.68. The maximum absolute atomic E-state index is 10.4. The van der Waals surface area contributed by atoms with Gasteiger partial charge < -0.3 is 25.2 Å². The molecule has 0 saturated carbocycles. The molecule has 0 aromatic rings. The van der Waals surface area contributed by atoms with Crippen LogP contribution in [-0.4, -0.2) is 62.5 Å². The molecule has 1 fully saturated rings. The number of carboxylic acid groups (broad SMARTS) is 1. The maximum Gasteiger partial charge on any atom is 0.304 e. The Morgan fingerprint density at radius 3 is 2.53 bits per heavy atom. The van der Waals surface area contributed by atoms with E-state index in [2.05, 4.69) is 0 Å². The molecule has 7 heteroatoms. The quantitative estimate of drug-likeness (QED) is 0.519. The Morgan fingerprint density at radius 1 is 1.35 bits per heavy atom. The third kappa shape index (κ3) is 3.82. The summed E-state index contributed by atoms with van der Waals surface area (Å²) in [7, 11) is 0. The summed E-state index contributed by atoms with van der Waals surface area (Å²) >= 11 is 1.27. The second-order valence-corrected chi connectivity index (χ2v) is 5.29. The minimum atomic E-state index is -1.11. The molecule has 2 unspecified atom stereocenters. The summed E-state index contributed by atoms with van der Waals surface area (Å²) in [5.41, 5.74) is -0.412. The minimum Gasteiger partial charge on any atom is -0.481 e. The van der Waals surface area contributed by atoms with Crippen LogP contribution in [0.1, 0.15) is 13.3 Å². The number of thioether (sulfide) groups is 1. The molecule has 17 heavy (non-hydrogen) atoms. The summed E-state index contributed by atoms with van der Waals surface area (Å²) in [6.07, 6.45) is -2.88. The number of aliphatic hydroxyl groups is 3. The fourth-order valence-electron chi connectivity index (χ4n) is 1.67. The largest absolute Gasteiger partial charge is 0.481 e. The Bertz CT molecular complexity index is 259. The van der Waals surface area contributed by atoms with Crippen LogP contribution in [0.5, 0.6) is 0 Å². The first-order valence-corrected chi connectivity index (χ1v) is 6.48. The highest BCUT2D eigenvalue weighted by Crippen LogP contribution is 2.32. The van der Waals surface area contributed by atoms with Gasteiger partial charge in [-0.15, -0.1) is 11.8 Å². The van der Waals surface area contributed by atoms with Crippen LogP contribution in [0, 0.1) is 5.92 Å². The molecule has 0 amide bonds. The number of aliphatic hydroxyl groups excluding tert-OH is 3. The fourth-order valence-corrected chi connectivity index (χ4v) is 2.88. The molecular weight excluding hydrogens is 248 g/mol. The first kappa shape index (κ1) is 14.7. The van der Waals surface area contributed by atoms with Crippen LogP contribution in [0.15, 0.2) is 0 Å². The molecular formula is C10H18O6S. The van der Waals surface area contributed by atoms with Gasteiger partial charge >= 0.3 is 5.97 Å². The van der Waals surface area contributed by atoms with E-state index < -0.39 is 29.7 Å². The zero-order valence-electron chi connectivity index (χ0n) is 9.52. The van der Waals surface area contributed by atoms with Crippen LogP contribution >= 0.6 is 11.8 Å². The fraction of sp³-hybridized carbons (Fsp3) is 0.900. The number of hydrogen-bond acceptors (Lipinski definition) is 6. The van der Waals surface area contributed by atoms with Crippen molar-refractivity contribution in [1.82, 2.24) is 0 Å². The Morgan fingerprint density at radius 2 is 2.00 bits per heavy atom. The van der Waals surface area contributed by atoms with Crippen molar-refractivity contribution in [2.24, 2.45) is 5.92 Å². The van der Waals surface area contributed by atoms with Crippen molar-refractivity contribution in [2.45, 2.75) is 37.1 Å². The predicted octanol–water partition coefficient (Wildman–Crippen LogP) is -0.731. The summed E-state index contributed by atoms with van der Waals surface area (Å²) < 4.78 is 5.42. The van der Waals surface area contributed by atoms with Gasteiger partial charge in [-0.25, -0.2) is 0 Å². The number of hydrogen-bond donors (Lipinski definition) is 4. The average Bonchev–Trinajstić information content (AvgIpc) is 2.29. The summed E-state index contributed by atoms with van der Waals surface area (Å²) in [4.78, 5) is 10.4. The molecule has 1 saturated heterocycles. The lowest BCUT2D eigenvalue weighted by atomic mass is 9.94. The third-order valence-electron chi connectivity index (χ3n) is 2.79. The lowest BCUT2D eigenvalue weighted by Crippen LogP contribution is -2.53. The number of ether oxygens (including phenoxy) is 1. The molecule has 0 bridgehead atoms. The Balaban J connectivity index is 2.50. The molecule has 100 valence electrons. The molecule has 1 heterocycles. The van der Waals surface area contributed by atoms with E-state index in [4.69, 9.17) is 14.9 Å². The molecule has 1 rings (SSSR count). The van der Waals surface area contributed by atoms with Crippen molar-refractivity contribution in [3.63, 3.8) is 0 Å². The molecule has 0 radical (unpaired) electrons. The molecule has 6 nitrogen and oxygen atoms in total. The van der Waals surface area contributed by atoms with E-state index in [0.29, 0.717) is 5.75 Å². The summed E-state index contributed by atoms with van der Waals surface area (Å²) in [6, 6.07) is 0. The molecule has 5 atom stereocenters. The van der Waals surface area contributed by atoms with Gasteiger partial charge in [-0.05, 0) is 0 Å². The van der Waals surface area contributed by atoms with Crippen LogP contribution in [0.2, 0.25) is 0 Å². The lowest BCUT2D eigenvalue weighted by molar-refractivity contribution is -0.181. The predicted molar refractivity (Wildman–Crippen MR) is 61.6 cm³/mol. The van der Waals surface area contributed by atoms with Gasteiger partial charge in [-0.1, -0.05) is 6.92 Å². The summed E-state index contributed by atoms with van der Waals surface area (Å²) in [5.74, 6) is -0.836. The zero-order valence-corrected chi connectivity index (χ0v) is 10.3. The number of carbonyl (C=O) groups is 1. The average molecular weight is 266 g/mol. The molecule has 0 aliphatic carbocycles. The summed E-state index contributed by atoms with van der Waals surface area (Å²) in [5, 5.41) is 36.9. The molecule has 4 N–H and O–H groups in total. The van der Waals surface area contributed by atoms with Gasteiger partial charge in [0.2, 0.25) is 0 Å². The third-order valence-corrected chi connectivity index (χ3v) is 4.09. The van der Waals surface area contributed by atoms with E-state index in [1.807, 2.05) is 0 Å². The van der Waals surface area contributed by atoms with Gasteiger partial charge in [0.15, 0.2) is 0 Å². The van der Waals surface area contributed by atoms with E-state index in [9.17, 15) is 15.0 Å². The van der Waals surface area contributed by atoms with E-state index in [-0.39, 0.29) is 18.9 Å². The number of aliphatic carboxylic acids is 1. The highest BCUT2D eigenvalue weighted by atomic mass is 32.2. The molecule has 0 aromatic heterocycles. The highest BCUT2D eigenvalue weighted by Gasteiger charge is 2.41. The number of carboxylic acids is 1. The van der Waals surface area contributed by atoms with Gasteiger partial charge in [0, 0.05) is 11.7 Å². The topological polar surface area (TPSA) is 107 Å². The van der Waals surface area contributed by atoms with Gasteiger partial charge in [0.05, 0.1) is 19.1 Å². The van der Waals surface area contributed by atoms with E-state index >= 15 is 0 Å². The van der Waals surface area contributed by atoms with E-state index in [0.717, 1.165) is 0 Å². The SMILES string of the molecule is C[C@H]1C(O)[C@H](O)C(CO)O[C@H]1SCCC(=O)O. The zero-order chi connectivity index (χ0) is 13.0. The van der Waals surface area contributed by atoms with Crippen molar-refractivity contribution in [2.75, 3.05) is 12.4 Å². The van der Waals surface area contributed by atoms with Crippen molar-refractivity contribution >= 4 is 17.7 Å². The Hall–Kier alpha value is -0.340. The first-order chi connectivity index (χ1) is 7.97. The lowest BCUT2D eigenvalue weighted by Gasteiger charge is -2.40. The first-order valence-electron chi connectivity index (χ1n) is 5.43. The smallest absolute Gasteiger partial charge is 0.304 e. The normalized spacial score (nSPS) is 38.0. The second kappa shape index (κ2) is 6.55. The van der Waals surface area contributed by atoms with Gasteiger partial charge in [0.1, 0.15) is 17.6 Å².